The number of hydrogen-bond donors (Lipinski definition) is 0. The van der Waals surface area contributed by atoms with Crippen LogP contribution in [-0.4, -0.2) is 34.5 Å². The van der Waals surface area contributed by atoms with Gasteiger partial charge in [-0.05, 0) is 36.2 Å². The monoisotopic (exact) mass is 399 g/mol. The van der Waals surface area contributed by atoms with E-state index in [0.717, 1.165) is 24.0 Å². The Labute approximate surface area is 168 Å². The van der Waals surface area contributed by atoms with Gasteiger partial charge in [0.1, 0.15) is 11.6 Å². The van der Waals surface area contributed by atoms with E-state index in [4.69, 9.17) is 4.74 Å². The SMILES string of the molecule is CCC[C@H]1S/C(=N/N=C\c2ccccc2OC)N(Cc2ccc(F)cc2)C1=O. The highest BCUT2D eigenvalue weighted by atomic mass is 32.2. The second kappa shape index (κ2) is 9.50. The molecule has 7 heteroatoms. The van der Waals surface area contributed by atoms with E-state index >= 15 is 0 Å². The van der Waals surface area contributed by atoms with Crippen molar-refractivity contribution in [2.24, 2.45) is 10.2 Å². The van der Waals surface area contributed by atoms with E-state index in [1.165, 1.54) is 23.9 Å². The predicted octanol–water partition coefficient (Wildman–Crippen LogP) is 4.47. The van der Waals surface area contributed by atoms with Gasteiger partial charge in [0, 0.05) is 5.56 Å². The smallest absolute Gasteiger partial charge is 0.242 e. The zero-order valence-electron chi connectivity index (χ0n) is 15.8. The van der Waals surface area contributed by atoms with E-state index in [-0.39, 0.29) is 17.0 Å². The molecule has 0 bridgehead atoms. The van der Waals surface area contributed by atoms with E-state index in [1.807, 2.05) is 31.2 Å². The summed E-state index contributed by atoms with van der Waals surface area (Å²) in [6, 6.07) is 13.6. The molecule has 5 nitrogen and oxygen atoms in total. The number of rotatable bonds is 7. The molecule has 2 aromatic carbocycles. The Bertz CT molecular complexity index is 883. The topological polar surface area (TPSA) is 54.3 Å². The molecule has 28 heavy (non-hydrogen) atoms. The van der Waals surface area contributed by atoms with Gasteiger partial charge >= 0.3 is 0 Å². The zero-order valence-corrected chi connectivity index (χ0v) is 16.7. The third-order valence-electron chi connectivity index (χ3n) is 4.30. The maximum absolute atomic E-state index is 13.2. The van der Waals surface area contributed by atoms with Crippen LogP contribution in [0.4, 0.5) is 4.39 Å². The Balaban J connectivity index is 1.82. The molecule has 0 N–H and O–H groups in total. The molecule has 1 amide bonds. The third kappa shape index (κ3) is 4.78. The normalized spacial score (nSPS) is 18.4. The van der Waals surface area contributed by atoms with Gasteiger partial charge in [0.05, 0.1) is 25.1 Å². The van der Waals surface area contributed by atoms with Gasteiger partial charge in [-0.1, -0.05) is 49.4 Å². The number of carbonyl (C=O) groups excluding carboxylic acids is 1. The molecule has 0 spiro atoms. The summed E-state index contributed by atoms with van der Waals surface area (Å²) >= 11 is 1.43. The van der Waals surface area contributed by atoms with Crippen LogP contribution in [0.1, 0.15) is 30.9 Å². The highest BCUT2D eigenvalue weighted by Crippen LogP contribution is 2.31. The minimum absolute atomic E-state index is 0.0161. The molecule has 1 saturated heterocycles. The van der Waals surface area contributed by atoms with Crippen LogP contribution in [0.5, 0.6) is 5.75 Å². The van der Waals surface area contributed by atoms with Crippen LogP contribution in [0, 0.1) is 5.82 Å². The van der Waals surface area contributed by atoms with Crippen molar-refractivity contribution in [2.45, 2.75) is 31.6 Å². The van der Waals surface area contributed by atoms with Crippen LogP contribution in [0.2, 0.25) is 0 Å². The molecule has 1 aliphatic heterocycles. The van der Waals surface area contributed by atoms with Crippen molar-refractivity contribution in [3.8, 4) is 5.75 Å². The van der Waals surface area contributed by atoms with E-state index in [9.17, 15) is 9.18 Å². The number of carbonyl (C=O) groups is 1. The van der Waals surface area contributed by atoms with Gasteiger partial charge < -0.3 is 4.74 Å². The van der Waals surface area contributed by atoms with Gasteiger partial charge in [0.25, 0.3) is 0 Å². The fourth-order valence-electron chi connectivity index (χ4n) is 2.86. The molecule has 0 saturated carbocycles. The van der Waals surface area contributed by atoms with Gasteiger partial charge in [-0.15, -0.1) is 5.10 Å². The molecule has 0 aliphatic carbocycles. The molecule has 3 rings (SSSR count). The summed E-state index contributed by atoms with van der Waals surface area (Å²) in [5, 5.41) is 8.87. The van der Waals surface area contributed by atoms with Crippen LogP contribution in [0.3, 0.4) is 0 Å². The first-order valence-corrected chi connectivity index (χ1v) is 9.97. The standard InChI is InChI=1S/C21H22FN3O2S/c1-3-6-19-20(26)25(14-15-9-11-17(22)12-10-15)21(28-19)24-23-13-16-7-4-5-8-18(16)27-2/h4-5,7-13,19H,3,6,14H2,1-2H3/b23-13-,24-21+/t19-/m1/s1. The lowest BCUT2D eigenvalue weighted by Gasteiger charge is -2.15. The molecule has 0 unspecified atom stereocenters. The van der Waals surface area contributed by atoms with Crippen molar-refractivity contribution in [3.05, 3.63) is 65.5 Å². The molecular formula is C21H22FN3O2S. The molecule has 1 atom stereocenters. The van der Waals surface area contributed by atoms with Crippen LogP contribution in [0.25, 0.3) is 0 Å². The maximum atomic E-state index is 13.2. The van der Waals surface area contributed by atoms with Crippen molar-refractivity contribution >= 4 is 29.1 Å². The Kier molecular flexibility index (Phi) is 6.81. The first-order chi connectivity index (χ1) is 13.6. The number of para-hydroxylation sites is 1. The average Bonchev–Trinajstić information content (AvgIpc) is 2.99. The quantitative estimate of drug-likeness (QED) is 0.510. The molecular weight excluding hydrogens is 377 g/mol. The van der Waals surface area contributed by atoms with Crippen LogP contribution >= 0.6 is 11.8 Å². The van der Waals surface area contributed by atoms with Crippen LogP contribution in [0.15, 0.2) is 58.7 Å². The summed E-state index contributed by atoms with van der Waals surface area (Å²) in [7, 11) is 1.60. The third-order valence-corrected chi connectivity index (χ3v) is 5.54. The Hall–Kier alpha value is -2.67. The summed E-state index contributed by atoms with van der Waals surface area (Å²) in [6.07, 6.45) is 3.30. The van der Waals surface area contributed by atoms with Gasteiger partial charge in [0.15, 0.2) is 5.17 Å². The number of ether oxygens (including phenoxy) is 1. The van der Waals surface area contributed by atoms with Crippen molar-refractivity contribution < 1.29 is 13.9 Å². The fourth-order valence-corrected chi connectivity index (χ4v) is 4.08. The van der Waals surface area contributed by atoms with E-state index in [0.29, 0.717) is 17.5 Å². The lowest BCUT2D eigenvalue weighted by molar-refractivity contribution is -0.126. The summed E-state index contributed by atoms with van der Waals surface area (Å²) in [6.45, 7) is 2.39. The molecule has 1 heterocycles. The molecule has 1 aliphatic rings. The number of benzene rings is 2. The number of amidine groups is 1. The first-order valence-electron chi connectivity index (χ1n) is 9.09. The van der Waals surface area contributed by atoms with Gasteiger partial charge in [-0.2, -0.15) is 5.10 Å². The largest absolute Gasteiger partial charge is 0.496 e. The van der Waals surface area contributed by atoms with Gasteiger partial charge in [0.2, 0.25) is 5.91 Å². The van der Waals surface area contributed by atoms with Crippen LogP contribution in [-0.2, 0) is 11.3 Å². The Morgan fingerprint density at radius 1 is 1.21 bits per heavy atom. The van der Waals surface area contributed by atoms with Crippen molar-refractivity contribution in [1.29, 1.82) is 0 Å². The van der Waals surface area contributed by atoms with Gasteiger partial charge in [-0.25, -0.2) is 4.39 Å². The maximum Gasteiger partial charge on any atom is 0.242 e. The number of methoxy groups -OCH3 is 1. The van der Waals surface area contributed by atoms with E-state index in [1.54, 1.807) is 30.4 Å². The Morgan fingerprint density at radius 3 is 2.68 bits per heavy atom. The van der Waals surface area contributed by atoms with Crippen molar-refractivity contribution in [3.63, 3.8) is 0 Å². The summed E-state index contributed by atoms with van der Waals surface area (Å²) in [5.41, 5.74) is 1.65. The number of hydrogen-bond acceptors (Lipinski definition) is 5. The minimum atomic E-state index is -0.301. The predicted molar refractivity (Wildman–Crippen MR) is 111 cm³/mol. The van der Waals surface area contributed by atoms with E-state index < -0.39 is 0 Å². The first kappa shape index (κ1) is 20.1. The Morgan fingerprint density at radius 2 is 1.96 bits per heavy atom. The van der Waals surface area contributed by atoms with Crippen LogP contribution < -0.4 is 4.74 Å². The zero-order chi connectivity index (χ0) is 19.9. The number of halogens is 1. The summed E-state index contributed by atoms with van der Waals surface area (Å²) < 4.78 is 18.5. The molecule has 2 aromatic rings. The second-order valence-corrected chi connectivity index (χ2v) is 7.48. The highest BCUT2D eigenvalue weighted by molar-refractivity contribution is 8.15. The number of thioether (sulfide) groups is 1. The van der Waals surface area contributed by atoms with Gasteiger partial charge in [-0.3, -0.25) is 9.69 Å². The summed E-state index contributed by atoms with van der Waals surface area (Å²) in [4.78, 5) is 14.4. The molecule has 1 fully saturated rings. The number of nitrogens with zero attached hydrogens (tertiary/aromatic N) is 3. The van der Waals surface area contributed by atoms with E-state index in [2.05, 4.69) is 10.2 Å². The second-order valence-electron chi connectivity index (χ2n) is 6.32. The lowest BCUT2D eigenvalue weighted by Crippen LogP contribution is -2.31. The van der Waals surface area contributed by atoms with Crippen molar-refractivity contribution in [2.75, 3.05) is 7.11 Å². The molecule has 0 aromatic heterocycles. The highest BCUT2D eigenvalue weighted by Gasteiger charge is 2.37. The number of amides is 1. The lowest BCUT2D eigenvalue weighted by atomic mass is 10.2. The summed E-state index contributed by atoms with van der Waals surface area (Å²) in [5.74, 6) is 0.418. The fraction of sp³-hybridized carbons (Fsp3) is 0.286. The molecule has 0 radical (unpaired) electrons. The molecule has 146 valence electrons. The minimum Gasteiger partial charge on any atom is -0.496 e. The average molecular weight is 399 g/mol. The van der Waals surface area contributed by atoms with Crippen molar-refractivity contribution in [1.82, 2.24) is 4.90 Å².